The van der Waals surface area contributed by atoms with Gasteiger partial charge in [-0.1, -0.05) is 11.6 Å². The molecule has 98 valence electrons. The second kappa shape index (κ2) is 6.20. The Morgan fingerprint density at radius 1 is 1.50 bits per heavy atom. The molecular weight excluding hydrogens is 256 g/mol. The van der Waals surface area contributed by atoms with E-state index in [9.17, 15) is 9.59 Å². The van der Waals surface area contributed by atoms with Crippen molar-refractivity contribution in [3.63, 3.8) is 0 Å². The average molecular weight is 271 g/mol. The maximum Gasteiger partial charge on any atom is 0.271 e. The number of primary amides is 1. The number of rotatable bonds is 5. The van der Waals surface area contributed by atoms with Gasteiger partial charge in [0.2, 0.25) is 5.91 Å². The molecule has 0 spiro atoms. The van der Waals surface area contributed by atoms with E-state index in [2.05, 4.69) is 15.6 Å². The molecule has 0 aliphatic heterocycles. The van der Waals surface area contributed by atoms with Crippen LogP contribution in [0.4, 0.5) is 5.82 Å². The van der Waals surface area contributed by atoms with Crippen LogP contribution in [0, 0.1) is 0 Å². The third-order valence-electron chi connectivity index (χ3n) is 2.20. The minimum atomic E-state index is -0.481. The Morgan fingerprint density at radius 2 is 2.17 bits per heavy atom. The molecule has 1 unspecified atom stereocenters. The Hall–Kier alpha value is -1.82. The highest BCUT2D eigenvalue weighted by atomic mass is 35.5. The Balaban J connectivity index is 2.80. The van der Waals surface area contributed by atoms with Gasteiger partial charge in [0.15, 0.2) is 0 Å². The largest absolute Gasteiger partial charge is 0.373 e. The normalized spacial score (nSPS) is 11.7. The molecule has 0 aliphatic carbocycles. The molecule has 1 heterocycles. The molecule has 4 N–H and O–H groups in total. The highest BCUT2D eigenvalue weighted by molar-refractivity contribution is 6.33. The summed E-state index contributed by atoms with van der Waals surface area (Å²) < 4.78 is 0. The number of hydrogen-bond donors (Lipinski definition) is 3. The van der Waals surface area contributed by atoms with Crippen molar-refractivity contribution in [3.8, 4) is 0 Å². The Bertz CT molecular complexity index is 464. The molecule has 0 aliphatic rings. The summed E-state index contributed by atoms with van der Waals surface area (Å²) in [6, 6.07) is 2.87. The lowest BCUT2D eigenvalue weighted by atomic mass is 10.2. The van der Waals surface area contributed by atoms with Gasteiger partial charge in [-0.3, -0.25) is 9.59 Å². The zero-order valence-electron chi connectivity index (χ0n) is 10.2. The summed E-state index contributed by atoms with van der Waals surface area (Å²) in [7, 11) is 1.69. The van der Waals surface area contributed by atoms with Crippen molar-refractivity contribution in [2.75, 3.05) is 12.4 Å². The number of aromatic nitrogens is 1. The third-order valence-corrected chi connectivity index (χ3v) is 2.51. The van der Waals surface area contributed by atoms with Crippen LogP contribution in [0.5, 0.6) is 0 Å². The topological polar surface area (TPSA) is 97.1 Å². The van der Waals surface area contributed by atoms with Gasteiger partial charge in [-0.25, -0.2) is 4.98 Å². The summed E-state index contributed by atoms with van der Waals surface area (Å²) in [5, 5.41) is 5.66. The maximum absolute atomic E-state index is 11.9. The van der Waals surface area contributed by atoms with Gasteiger partial charge in [-0.2, -0.15) is 0 Å². The van der Waals surface area contributed by atoms with Crippen LogP contribution in [0.15, 0.2) is 12.1 Å². The smallest absolute Gasteiger partial charge is 0.271 e. The number of carbonyl (C=O) groups is 2. The minimum Gasteiger partial charge on any atom is -0.373 e. The monoisotopic (exact) mass is 270 g/mol. The van der Waals surface area contributed by atoms with Crippen LogP contribution in [0.25, 0.3) is 0 Å². The van der Waals surface area contributed by atoms with Crippen LogP contribution in [-0.2, 0) is 4.79 Å². The lowest BCUT2D eigenvalue weighted by Crippen LogP contribution is -2.36. The van der Waals surface area contributed by atoms with Gasteiger partial charge in [0, 0.05) is 19.5 Å². The Kier molecular flexibility index (Phi) is 4.91. The summed E-state index contributed by atoms with van der Waals surface area (Å²) >= 11 is 5.89. The summed E-state index contributed by atoms with van der Waals surface area (Å²) in [5.41, 5.74) is 5.15. The second-order valence-electron chi connectivity index (χ2n) is 3.82. The van der Waals surface area contributed by atoms with Crippen molar-refractivity contribution in [1.82, 2.24) is 10.3 Å². The van der Waals surface area contributed by atoms with Crippen molar-refractivity contribution in [1.29, 1.82) is 0 Å². The molecule has 0 saturated heterocycles. The number of halogens is 1. The van der Waals surface area contributed by atoms with E-state index in [1.54, 1.807) is 26.1 Å². The molecule has 1 atom stereocenters. The molecule has 0 radical (unpaired) electrons. The van der Waals surface area contributed by atoms with Crippen molar-refractivity contribution >= 4 is 29.2 Å². The molecule has 0 saturated carbocycles. The first-order valence-corrected chi connectivity index (χ1v) is 5.75. The van der Waals surface area contributed by atoms with E-state index in [0.717, 1.165) is 0 Å². The first-order valence-electron chi connectivity index (χ1n) is 5.37. The quantitative estimate of drug-likeness (QED) is 0.736. The molecule has 7 heteroatoms. The van der Waals surface area contributed by atoms with Gasteiger partial charge in [-0.15, -0.1) is 0 Å². The fourth-order valence-corrected chi connectivity index (χ4v) is 1.58. The van der Waals surface area contributed by atoms with Crippen molar-refractivity contribution in [3.05, 3.63) is 22.8 Å². The number of nitrogens with two attached hydrogens (primary N) is 1. The predicted molar refractivity (Wildman–Crippen MR) is 69.5 cm³/mol. The molecule has 1 aromatic heterocycles. The van der Waals surface area contributed by atoms with Crippen LogP contribution >= 0.6 is 11.6 Å². The molecule has 1 aromatic rings. The van der Waals surface area contributed by atoms with Crippen LogP contribution in [0.2, 0.25) is 5.02 Å². The van der Waals surface area contributed by atoms with Gasteiger partial charge in [-0.05, 0) is 19.1 Å². The lowest BCUT2D eigenvalue weighted by molar-refractivity contribution is -0.118. The average Bonchev–Trinajstić information content (AvgIpc) is 2.28. The molecule has 18 heavy (non-hydrogen) atoms. The zero-order valence-corrected chi connectivity index (χ0v) is 10.9. The molecule has 6 nitrogen and oxygen atoms in total. The number of carbonyl (C=O) groups excluding carboxylic acids is 2. The number of nitrogens with one attached hydrogen (secondary N) is 2. The predicted octanol–water partition coefficient (Wildman–Crippen LogP) is 0.770. The zero-order chi connectivity index (χ0) is 13.7. The van der Waals surface area contributed by atoms with E-state index in [1.807, 2.05) is 0 Å². The summed E-state index contributed by atoms with van der Waals surface area (Å²) in [4.78, 5) is 26.7. The van der Waals surface area contributed by atoms with E-state index < -0.39 is 11.8 Å². The Labute approximate surface area is 110 Å². The maximum atomic E-state index is 11.9. The van der Waals surface area contributed by atoms with Gasteiger partial charge in [0.25, 0.3) is 5.91 Å². The third kappa shape index (κ3) is 3.89. The van der Waals surface area contributed by atoms with Gasteiger partial charge >= 0.3 is 0 Å². The number of pyridine rings is 1. The van der Waals surface area contributed by atoms with Crippen LogP contribution < -0.4 is 16.4 Å². The SMILES string of the molecule is CNc1ccc(Cl)c(C(=O)NC(C)CC(N)=O)n1. The van der Waals surface area contributed by atoms with Gasteiger partial charge in [0.1, 0.15) is 11.5 Å². The first kappa shape index (κ1) is 14.2. The number of amides is 2. The first-order chi connectivity index (χ1) is 8.43. The van der Waals surface area contributed by atoms with E-state index in [1.165, 1.54) is 0 Å². The van der Waals surface area contributed by atoms with E-state index in [4.69, 9.17) is 17.3 Å². The number of anilines is 1. The summed E-state index contributed by atoms with van der Waals surface area (Å²) in [5.74, 6) is -0.385. The van der Waals surface area contributed by atoms with Crippen molar-refractivity contribution in [2.45, 2.75) is 19.4 Å². The summed E-state index contributed by atoms with van der Waals surface area (Å²) in [6.07, 6.45) is 0.0646. The standard InChI is InChI=1S/C11H15ClN4O2/c1-6(5-8(13)17)15-11(18)10-7(12)3-4-9(14-2)16-10/h3-4,6H,5H2,1-2H3,(H2,13,17)(H,14,16)(H,15,18). The minimum absolute atomic E-state index is 0.0646. The van der Waals surface area contributed by atoms with Gasteiger partial charge in [0.05, 0.1) is 5.02 Å². The summed E-state index contributed by atoms with van der Waals surface area (Å²) in [6.45, 7) is 1.68. The van der Waals surface area contributed by atoms with Gasteiger partial charge < -0.3 is 16.4 Å². The van der Waals surface area contributed by atoms with Crippen LogP contribution in [0.1, 0.15) is 23.8 Å². The van der Waals surface area contributed by atoms with E-state index in [0.29, 0.717) is 5.82 Å². The molecule has 0 bridgehead atoms. The van der Waals surface area contributed by atoms with Crippen molar-refractivity contribution in [2.24, 2.45) is 5.73 Å². The van der Waals surface area contributed by atoms with E-state index in [-0.39, 0.29) is 23.2 Å². The molecule has 2 amide bonds. The Morgan fingerprint density at radius 3 is 2.72 bits per heavy atom. The van der Waals surface area contributed by atoms with E-state index >= 15 is 0 Å². The lowest BCUT2D eigenvalue weighted by Gasteiger charge is -2.12. The highest BCUT2D eigenvalue weighted by Crippen LogP contribution is 2.16. The molecule has 0 fully saturated rings. The fraction of sp³-hybridized carbons (Fsp3) is 0.364. The fourth-order valence-electron chi connectivity index (χ4n) is 1.39. The number of nitrogens with zero attached hydrogens (tertiary/aromatic N) is 1. The van der Waals surface area contributed by atoms with Crippen LogP contribution in [-0.4, -0.2) is 29.9 Å². The number of hydrogen-bond acceptors (Lipinski definition) is 4. The van der Waals surface area contributed by atoms with Crippen LogP contribution in [0.3, 0.4) is 0 Å². The molecular formula is C11H15ClN4O2. The second-order valence-corrected chi connectivity index (χ2v) is 4.23. The highest BCUT2D eigenvalue weighted by Gasteiger charge is 2.16. The molecule has 1 rings (SSSR count). The van der Waals surface area contributed by atoms with Crippen molar-refractivity contribution < 1.29 is 9.59 Å². The molecule has 0 aromatic carbocycles.